The minimum atomic E-state index is -3.37. The number of aryl methyl sites for hydroxylation is 1. The summed E-state index contributed by atoms with van der Waals surface area (Å²) in [7, 11) is -1.86. The molecule has 164 valence electrons. The summed E-state index contributed by atoms with van der Waals surface area (Å²) in [5.41, 5.74) is 3.02. The molecular formula is C23H22N4O4S. The van der Waals surface area contributed by atoms with Gasteiger partial charge in [-0.2, -0.15) is 0 Å². The lowest BCUT2D eigenvalue weighted by Gasteiger charge is -2.11. The first-order valence-corrected chi connectivity index (χ1v) is 11.6. The molecule has 0 saturated heterocycles. The molecule has 0 atom stereocenters. The Morgan fingerprint density at radius 2 is 1.88 bits per heavy atom. The zero-order valence-electron chi connectivity index (χ0n) is 17.9. The van der Waals surface area contributed by atoms with Crippen LogP contribution in [-0.4, -0.2) is 36.2 Å². The Labute approximate surface area is 186 Å². The molecule has 0 radical (unpaired) electrons. The number of sulfone groups is 1. The van der Waals surface area contributed by atoms with E-state index in [0.717, 1.165) is 16.8 Å². The van der Waals surface area contributed by atoms with Crippen molar-refractivity contribution in [2.75, 3.05) is 18.2 Å². The molecule has 4 aromatic rings. The van der Waals surface area contributed by atoms with E-state index in [9.17, 15) is 8.42 Å². The maximum Gasteiger partial charge on any atom is 0.299 e. The van der Waals surface area contributed by atoms with E-state index in [0.29, 0.717) is 23.0 Å². The van der Waals surface area contributed by atoms with Crippen molar-refractivity contribution in [2.45, 2.75) is 18.7 Å². The highest BCUT2D eigenvalue weighted by Gasteiger charge is 2.16. The summed E-state index contributed by atoms with van der Waals surface area (Å²) in [5, 5.41) is 3.02. The predicted octanol–water partition coefficient (Wildman–Crippen LogP) is 4.65. The van der Waals surface area contributed by atoms with E-state index in [1.54, 1.807) is 25.4 Å². The molecule has 0 spiro atoms. The minimum Gasteiger partial charge on any atom is -0.495 e. The van der Waals surface area contributed by atoms with Gasteiger partial charge < -0.3 is 14.5 Å². The maximum absolute atomic E-state index is 12.2. The SMILES string of the molecule is CCS(=O)(=O)c1ccc(OC)c(Nc2ncc(-c3cccc(-c4ccnc(C)n4)c3)o2)c1. The van der Waals surface area contributed by atoms with Crippen molar-refractivity contribution >= 4 is 21.5 Å². The highest BCUT2D eigenvalue weighted by atomic mass is 32.2. The van der Waals surface area contributed by atoms with Gasteiger partial charge in [0.15, 0.2) is 15.6 Å². The van der Waals surface area contributed by atoms with Crippen molar-refractivity contribution in [2.24, 2.45) is 0 Å². The molecule has 32 heavy (non-hydrogen) atoms. The Hall–Kier alpha value is -3.72. The molecule has 0 amide bonds. The highest BCUT2D eigenvalue weighted by molar-refractivity contribution is 7.91. The quantitative estimate of drug-likeness (QED) is 0.433. The van der Waals surface area contributed by atoms with Crippen LogP contribution in [0.5, 0.6) is 5.75 Å². The molecule has 0 aliphatic rings. The van der Waals surface area contributed by atoms with Gasteiger partial charge >= 0.3 is 0 Å². The number of methoxy groups -OCH3 is 1. The summed E-state index contributed by atoms with van der Waals surface area (Å²) < 4.78 is 35.7. The zero-order chi connectivity index (χ0) is 22.7. The standard InChI is InChI=1S/C23H22N4O4S/c1-4-32(28,29)18-8-9-21(30-3)20(13-18)27-23-25-14-22(31-23)17-7-5-6-16(12-17)19-10-11-24-15(2)26-19/h5-14H,4H2,1-3H3,(H,25,27). The fourth-order valence-corrected chi connectivity index (χ4v) is 4.08. The summed E-state index contributed by atoms with van der Waals surface area (Å²) in [6.07, 6.45) is 3.33. The Kier molecular flexibility index (Phi) is 5.91. The molecule has 2 aromatic heterocycles. The number of oxazole rings is 1. The van der Waals surface area contributed by atoms with Gasteiger partial charge in [0.1, 0.15) is 11.6 Å². The number of aromatic nitrogens is 3. The third-order valence-electron chi connectivity index (χ3n) is 4.88. The lowest BCUT2D eigenvalue weighted by Crippen LogP contribution is -2.05. The molecule has 0 aliphatic carbocycles. The predicted molar refractivity (Wildman–Crippen MR) is 122 cm³/mol. The molecule has 1 N–H and O–H groups in total. The average molecular weight is 451 g/mol. The van der Waals surface area contributed by atoms with Crippen LogP contribution < -0.4 is 10.1 Å². The van der Waals surface area contributed by atoms with Gasteiger partial charge in [0.05, 0.1) is 35.3 Å². The van der Waals surface area contributed by atoms with Crippen molar-refractivity contribution in [3.63, 3.8) is 0 Å². The first kappa shape index (κ1) is 21.5. The summed E-state index contributed by atoms with van der Waals surface area (Å²) in [6, 6.07) is 14.4. The Morgan fingerprint density at radius 1 is 1.06 bits per heavy atom. The van der Waals surface area contributed by atoms with Crippen molar-refractivity contribution in [1.82, 2.24) is 15.0 Å². The van der Waals surface area contributed by atoms with Gasteiger partial charge in [0, 0.05) is 17.3 Å². The van der Waals surface area contributed by atoms with E-state index in [1.807, 2.05) is 37.3 Å². The van der Waals surface area contributed by atoms with Crippen LogP contribution in [0.15, 0.2) is 70.2 Å². The molecule has 2 heterocycles. The number of hydrogen-bond acceptors (Lipinski definition) is 8. The van der Waals surface area contributed by atoms with E-state index in [2.05, 4.69) is 20.3 Å². The fourth-order valence-electron chi connectivity index (χ4n) is 3.17. The summed E-state index contributed by atoms with van der Waals surface area (Å²) >= 11 is 0. The molecule has 0 saturated carbocycles. The number of benzene rings is 2. The Morgan fingerprint density at radius 3 is 2.62 bits per heavy atom. The number of nitrogens with zero attached hydrogens (tertiary/aromatic N) is 3. The fraction of sp³-hybridized carbons (Fsp3) is 0.174. The van der Waals surface area contributed by atoms with Crippen LogP contribution in [0.25, 0.3) is 22.6 Å². The van der Waals surface area contributed by atoms with Gasteiger partial charge in [0.2, 0.25) is 0 Å². The van der Waals surface area contributed by atoms with Gasteiger partial charge in [-0.25, -0.2) is 23.4 Å². The van der Waals surface area contributed by atoms with Crippen LogP contribution in [0.2, 0.25) is 0 Å². The second-order valence-electron chi connectivity index (χ2n) is 6.99. The summed E-state index contributed by atoms with van der Waals surface area (Å²) in [5.74, 6) is 1.72. The smallest absolute Gasteiger partial charge is 0.299 e. The third-order valence-corrected chi connectivity index (χ3v) is 6.61. The third kappa shape index (κ3) is 4.47. The van der Waals surface area contributed by atoms with Crippen molar-refractivity contribution < 1.29 is 17.6 Å². The van der Waals surface area contributed by atoms with Gasteiger partial charge in [-0.3, -0.25) is 0 Å². The Bertz CT molecular complexity index is 1370. The van der Waals surface area contributed by atoms with Crippen LogP contribution in [0, 0.1) is 6.92 Å². The van der Waals surface area contributed by atoms with Gasteiger partial charge in [0.25, 0.3) is 6.01 Å². The summed E-state index contributed by atoms with van der Waals surface area (Å²) in [6.45, 7) is 3.45. The molecular weight excluding hydrogens is 428 g/mol. The van der Waals surface area contributed by atoms with E-state index in [4.69, 9.17) is 9.15 Å². The first-order valence-electron chi connectivity index (χ1n) is 9.93. The van der Waals surface area contributed by atoms with Gasteiger partial charge in [-0.05, 0) is 37.3 Å². The zero-order valence-corrected chi connectivity index (χ0v) is 18.7. The maximum atomic E-state index is 12.2. The first-order chi connectivity index (χ1) is 15.4. The topological polar surface area (TPSA) is 107 Å². The highest BCUT2D eigenvalue weighted by Crippen LogP contribution is 2.32. The molecule has 0 unspecified atom stereocenters. The van der Waals surface area contributed by atoms with Gasteiger partial charge in [-0.1, -0.05) is 25.1 Å². The van der Waals surface area contributed by atoms with Crippen LogP contribution in [0.4, 0.5) is 11.7 Å². The van der Waals surface area contributed by atoms with E-state index >= 15 is 0 Å². The summed E-state index contributed by atoms with van der Waals surface area (Å²) in [4.78, 5) is 13.1. The number of hydrogen-bond donors (Lipinski definition) is 1. The van der Waals surface area contributed by atoms with Crippen LogP contribution in [-0.2, 0) is 9.84 Å². The second kappa shape index (κ2) is 8.80. The lowest BCUT2D eigenvalue weighted by molar-refractivity contribution is 0.416. The average Bonchev–Trinajstić information content (AvgIpc) is 3.27. The number of rotatable bonds is 7. The molecule has 9 heteroatoms. The largest absolute Gasteiger partial charge is 0.495 e. The van der Waals surface area contributed by atoms with Crippen LogP contribution in [0.1, 0.15) is 12.7 Å². The van der Waals surface area contributed by atoms with Crippen LogP contribution in [0.3, 0.4) is 0 Å². The number of ether oxygens (including phenoxy) is 1. The molecule has 0 bridgehead atoms. The van der Waals surface area contributed by atoms with Crippen molar-refractivity contribution in [1.29, 1.82) is 0 Å². The van der Waals surface area contributed by atoms with Gasteiger partial charge in [-0.15, -0.1) is 0 Å². The number of anilines is 2. The van der Waals surface area contributed by atoms with E-state index in [-0.39, 0.29) is 16.7 Å². The van der Waals surface area contributed by atoms with Crippen LogP contribution >= 0.6 is 0 Å². The van der Waals surface area contributed by atoms with Crippen molar-refractivity contribution in [3.8, 4) is 28.3 Å². The van der Waals surface area contributed by atoms with E-state index in [1.165, 1.54) is 19.2 Å². The second-order valence-corrected chi connectivity index (χ2v) is 9.27. The molecule has 4 rings (SSSR count). The lowest BCUT2D eigenvalue weighted by atomic mass is 10.1. The Balaban J connectivity index is 1.63. The molecule has 2 aromatic carbocycles. The molecule has 0 aliphatic heterocycles. The van der Waals surface area contributed by atoms with E-state index < -0.39 is 9.84 Å². The monoisotopic (exact) mass is 450 g/mol. The number of nitrogens with one attached hydrogen (secondary N) is 1. The van der Waals surface area contributed by atoms with Crippen molar-refractivity contribution in [3.05, 3.63) is 66.7 Å². The minimum absolute atomic E-state index is 0.00409. The normalized spacial score (nSPS) is 11.3. The molecule has 0 fully saturated rings. The molecule has 8 nitrogen and oxygen atoms in total.